The summed E-state index contributed by atoms with van der Waals surface area (Å²) in [5.74, 6) is -0.346. The second-order valence-corrected chi connectivity index (χ2v) is 8.07. The number of carbonyl (C=O) groups excluding carboxylic acids is 2. The summed E-state index contributed by atoms with van der Waals surface area (Å²) in [4.78, 5) is 28.0. The quantitative estimate of drug-likeness (QED) is 0.430. The van der Waals surface area contributed by atoms with E-state index in [1.807, 2.05) is 42.6 Å². The summed E-state index contributed by atoms with van der Waals surface area (Å²) in [6.45, 7) is 1.75. The predicted octanol–water partition coefficient (Wildman–Crippen LogP) is 4.36. The van der Waals surface area contributed by atoms with E-state index < -0.39 is 17.9 Å². The van der Waals surface area contributed by atoms with Crippen molar-refractivity contribution in [2.75, 3.05) is 13.2 Å². The van der Waals surface area contributed by atoms with E-state index in [0.717, 1.165) is 25.4 Å². The van der Waals surface area contributed by atoms with E-state index in [4.69, 9.17) is 9.47 Å². The van der Waals surface area contributed by atoms with E-state index in [0.29, 0.717) is 12.2 Å². The lowest BCUT2D eigenvalue weighted by Crippen LogP contribution is -2.45. The fourth-order valence-electron chi connectivity index (χ4n) is 2.93. The lowest BCUT2D eigenvalue weighted by Gasteiger charge is -2.17. The second kappa shape index (κ2) is 9.93. The van der Waals surface area contributed by atoms with Crippen LogP contribution in [-0.4, -0.2) is 36.1 Å². The maximum Gasteiger partial charge on any atom is 0.328 e. The Bertz CT molecular complexity index is 1020. The molecule has 0 bridgehead atoms. The molecule has 1 aromatic heterocycles. The fraction of sp³-hybridized carbons (Fsp3) is 0.238. The first-order valence-corrected chi connectivity index (χ1v) is 10.7. The third kappa shape index (κ3) is 5.61. The van der Waals surface area contributed by atoms with Crippen LogP contribution in [0.3, 0.4) is 0 Å². The normalized spacial score (nSPS) is 11.8. The van der Waals surface area contributed by atoms with Gasteiger partial charge in [0, 0.05) is 28.0 Å². The maximum atomic E-state index is 12.4. The van der Waals surface area contributed by atoms with E-state index in [1.54, 1.807) is 13.0 Å². The Labute approximate surface area is 185 Å². The lowest BCUT2D eigenvalue weighted by atomic mass is 10.0. The van der Waals surface area contributed by atoms with Gasteiger partial charge in [0.15, 0.2) is 6.61 Å². The predicted molar refractivity (Wildman–Crippen MR) is 118 cm³/mol. The zero-order valence-electron chi connectivity index (χ0n) is 15.7. The molecule has 1 heterocycles. The molecule has 152 valence electrons. The van der Waals surface area contributed by atoms with Crippen LogP contribution in [0.2, 0.25) is 0 Å². The number of hydrogen-bond donors (Lipinski definition) is 2. The molecule has 2 aromatic carbocycles. The lowest BCUT2D eigenvalue weighted by molar-refractivity contribution is -0.147. The molecular weight excluding hydrogens is 504 g/mol. The largest absolute Gasteiger partial charge is 0.483 e. The van der Waals surface area contributed by atoms with E-state index >= 15 is 0 Å². The molecule has 0 aliphatic heterocycles. The monoisotopic (exact) mass is 522 g/mol. The molecule has 6 nitrogen and oxygen atoms in total. The van der Waals surface area contributed by atoms with Crippen molar-refractivity contribution in [1.82, 2.24) is 10.3 Å². The van der Waals surface area contributed by atoms with E-state index in [9.17, 15) is 9.59 Å². The van der Waals surface area contributed by atoms with Gasteiger partial charge in [-0.05, 0) is 52.7 Å². The molecule has 0 radical (unpaired) electrons. The van der Waals surface area contributed by atoms with Crippen LogP contribution in [0.25, 0.3) is 10.9 Å². The highest BCUT2D eigenvalue weighted by Crippen LogP contribution is 2.28. The van der Waals surface area contributed by atoms with Crippen molar-refractivity contribution >= 4 is 54.6 Å². The van der Waals surface area contributed by atoms with Gasteiger partial charge in [0.1, 0.15) is 11.8 Å². The third-order valence-corrected chi connectivity index (χ3v) is 5.37. The molecule has 1 atom stereocenters. The number of rotatable bonds is 8. The summed E-state index contributed by atoms with van der Waals surface area (Å²) in [7, 11) is 0. The molecule has 3 aromatic rings. The van der Waals surface area contributed by atoms with Gasteiger partial charge in [-0.2, -0.15) is 0 Å². The Morgan fingerprint density at radius 3 is 2.72 bits per heavy atom. The van der Waals surface area contributed by atoms with Gasteiger partial charge in [0.2, 0.25) is 0 Å². The fourth-order valence-corrected chi connectivity index (χ4v) is 4.09. The minimum absolute atomic E-state index is 0.218. The van der Waals surface area contributed by atoms with Crippen molar-refractivity contribution in [2.45, 2.75) is 19.4 Å². The number of amides is 1. The van der Waals surface area contributed by atoms with Gasteiger partial charge in [0.25, 0.3) is 5.91 Å². The molecule has 0 aliphatic rings. The van der Waals surface area contributed by atoms with Crippen molar-refractivity contribution in [3.8, 4) is 5.75 Å². The Hall–Kier alpha value is -2.32. The number of aromatic nitrogens is 1. The van der Waals surface area contributed by atoms with E-state index in [1.165, 1.54) is 0 Å². The third-order valence-electron chi connectivity index (χ3n) is 4.26. The summed E-state index contributed by atoms with van der Waals surface area (Å²) in [6.07, 6.45) is 2.16. The van der Waals surface area contributed by atoms with Crippen LogP contribution in [-0.2, 0) is 20.7 Å². The van der Waals surface area contributed by atoms with Gasteiger partial charge in [-0.15, -0.1) is 0 Å². The average molecular weight is 524 g/mol. The number of aromatic amines is 1. The molecule has 8 heteroatoms. The molecule has 0 spiro atoms. The Balaban J connectivity index is 1.68. The smallest absolute Gasteiger partial charge is 0.328 e. The number of esters is 1. The second-order valence-electron chi connectivity index (χ2n) is 6.30. The molecule has 0 fully saturated rings. The van der Waals surface area contributed by atoms with Gasteiger partial charge in [-0.1, -0.05) is 34.1 Å². The SMILES string of the molecule is CCOC(=O)C(Cc1c[nH]c2ccccc12)NC(=O)COc1ccc(Br)cc1Br. The van der Waals surface area contributed by atoms with Crippen molar-refractivity contribution in [1.29, 1.82) is 0 Å². The standard InChI is InChI=1S/C21H20Br2N2O4/c1-2-28-21(27)18(9-13-11-24-17-6-4-3-5-15(13)17)25-20(26)12-29-19-8-7-14(22)10-16(19)23/h3-8,10-11,18,24H,2,9,12H2,1H3,(H,25,26). The van der Waals surface area contributed by atoms with Gasteiger partial charge in [0.05, 0.1) is 11.1 Å². The number of fused-ring (bicyclic) bond motifs is 1. The van der Waals surface area contributed by atoms with Crippen LogP contribution in [0.4, 0.5) is 0 Å². The van der Waals surface area contributed by atoms with Crippen LogP contribution in [0.5, 0.6) is 5.75 Å². The molecule has 0 aliphatic carbocycles. The Morgan fingerprint density at radius 1 is 1.17 bits per heavy atom. The molecule has 1 unspecified atom stereocenters. The number of benzene rings is 2. The first-order chi connectivity index (χ1) is 14.0. The number of H-pyrrole nitrogens is 1. The first-order valence-electron chi connectivity index (χ1n) is 9.06. The van der Waals surface area contributed by atoms with Gasteiger partial charge >= 0.3 is 5.97 Å². The minimum atomic E-state index is -0.807. The van der Waals surface area contributed by atoms with Gasteiger partial charge in [-0.3, -0.25) is 4.79 Å². The zero-order valence-corrected chi connectivity index (χ0v) is 18.9. The number of ether oxygens (including phenoxy) is 2. The molecule has 3 rings (SSSR count). The molecule has 0 saturated carbocycles. The van der Waals surface area contributed by atoms with Crippen molar-refractivity contribution in [2.24, 2.45) is 0 Å². The number of halogens is 2. The van der Waals surface area contributed by atoms with Crippen molar-refractivity contribution in [3.63, 3.8) is 0 Å². The summed E-state index contributed by atoms with van der Waals surface area (Å²) >= 11 is 6.76. The summed E-state index contributed by atoms with van der Waals surface area (Å²) < 4.78 is 12.3. The Kier molecular flexibility index (Phi) is 7.33. The summed E-state index contributed by atoms with van der Waals surface area (Å²) in [6, 6.07) is 12.4. The van der Waals surface area contributed by atoms with Gasteiger partial charge in [-0.25, -0.2) is 4.79 Å². The first kappa shape index (κ1) is 21.4. The average Bonchev–Trinajstić information content (AvgIpc) is 3.10. The maximum absolute atomic E-state index is 12.4. The number of para-hydroxylation sites is 1. The van der Waals surface area contributed by atoms with E-state index in [-0.39, 0.29) is 13.2 Å². The highest BCUT2D eigenvalue weighted by molar-refractivity contribution is 9.11. The van der Waals surface area contributed by atoms with Crippen molar-refractivity contribution in [3.05, 3.63) is 63.2 Å². The number of hydrogen-bond acceptors (Lipinski definition) is 4. The van der Waals surface area contributed by atoms with Crippen LogP contribution in [0, 0.1) is 0 Å². The Morgan fingerprint density at radius 2 is 1.97 bits per heavy atom. The molecule has 29 heavy (non-hydrogen) atoms. The van der Waals surface area contributed by atoms with Crippen LogP contribution < -0.4 is 10.1 Å². The summed E-state index contributed by atoms with van der Waals surface area (Å²) in [5, 5.41) is 3.73. The van der Waals surface area contributed by atoms with Crippen LogP contribution in [0.1, 0.15) is 12.5 Å². The van der Waals surface area contributed by atoms with Crippen LogP contribution >= 0.6 is 31.9 Å². The highest BCUT2D eigenvalue weighted by Gasteiger charge is 2.24. The highest BCUT2D eigenvalue weighted by atomic mass is 79.9. The van der Waals surface area contributed by atoms with E-state index in [2.05, 4.69) is 42.2 Å². The molecule has 2 N–H and O–H groups in total. The zero-order chi connectivity index (χ0) is 20.8. The minimum Gasteiger partial charge on any atom is -0.483 e. The number of carbonyl (C=O) groups is 2. The van der Waals surface area contributed by atoms with Crippen molar-refractivity contribution < 1.29 is 19.1 Å². The molecule has 0 saturated heterocycles. The molecule has 1 amide bonds. The summed E-state index contributed by atoms with van der Waals surface area (Å²) in [5.41, 5.74) is 1.90. The number of nitrogens with one attached hydrogen (secondary N) is 2. The van der Waals surface area contributed by atoms with Gasteiger partial charge < -0.3 is 19.8 Å². The molecular formula is C21H20Br2N2O4. The van der Waals surface area contributed by atoms with Crippen LogP contribution in [0.15, 0.2) is 57.6 Å². The topological polar surface area (TPSA) is 80.4 Å².